The minimum atomic E-state index is -0.951. The molecule has 1 aromatic heterocycles. The second-order valence-electron chi connectivity index (χ2n) is 4.54. The summed E-state index contributed by atoms with van der Waals surface area (Å²) < 4.78 is 0. The van der Waals surface area contributed by atoms with Gasteiger partial charge in [-0.1, -0.05) is 6.07 Å². The van der Waals surface area contributed by atoms with Crippen LogP contribution in [-0.2, 0) is 11.3 Å². The lowest BCUT2D eigenvalue weighted by atomic mass is 10.2. The van der Waals surface area contributed by atoms with Gasteiger partial charge in [0.1, 0.15) is 0 Å². The number of thiophene rings is 1. The molecule has 0 radical (unpaired) electrons. The average molecular weight is 298 g/mol. The van der Waals surface area contributed by atoms with Gasteiger partial charge < -0.3 is 10.0 Å². The summed E-state index contributed by atoms with van der Waals surface area (Å²) in [5.41, 5.74) is 2.50. The van der Waals surface area contributed by atoms with Gasteiger partial charge in [-0.25, -0.2) is 4.79 Å². The molecule has 0 aliphatic rings. The van der Waals surface area contributed by atoms with E-state index in [0.717, 1.165) is 22.2 Å². The second kappa shape index (κ2) is 6.73. The molecule has 0 fully saturated rings. The number of aliphatic carboxylic acids is 1. The molecule has 106 valence electrons. The van der Waals surface area contributed by atoms with E-state index in [1.54, 1.807) is 23.5 Å². The predicted molar refractivity (Wildman–Crippen MR) is 84.3 cm³/mol. The largest absolute Gasteiger partial charge is 0.478 e. The van der Waals surface area contributed by atoms with Gasteiger partial charge in [0, 0.05) is 23.7 Å². The second-order valence-corrected chi connectivity index (χ2v) is 5.53. The summed E-state index contributed by atoms with van der Waals surface area (Å²) in [6.07, 6.45) is 2.71. The Morgan fingerprint density at radius 1 is 1.48 bits per heavy atom. The number of anilines is 1. The van der Waals surface area contributed by atoms with Crippen molar-refractivity contribution in [2.24, 2.45) is 0 Å². The van der Waals surface area contributed by atoms with Gasteiger partial charge in [-0.05, 0) is 41.3 Å². The molecule has 0 unspecified atom stereocenters. The zero-order valence-corrected chi connectivity index (χ0v) is 12.3. The third-order valence-corrected chi connectivity index (χ3v) is 3.84. The monoisotopic (exact) mass is 298 g/mol. The highest BCUT2D eigenvalue weighted by Gasteiger charge is 2.05. The van der Waals surface area contributed by atoms with Crippen molar-refractivity contribution in [3.05, 3.63) is 57.8 Å². The van der Waals surface area contributed by atoms with E-state index in [0.29, 0.717) is 12.1 Å². The maximum absolute atomic E-state index is 10.5. The molecule has 0 saturated carbocycles. The Hall–Kier alpha value is -2.58. The first kappa shape index (κ1) is 14.8. The van der Waals surface area contributed by atoms with Crippen LogP contribution in [0.5, 0.6) is 0 Å². The standard InChI is InChI=1S/C16H14N2O2S/c1-18(14-4-2-3-12(7-14)9-17)10-15-8-13(11-21-15)5-6-16(19)20/h2-8,11H,10H2,1H3,(H,19,20). The van der Waals surface area contributed by atoms with E-state index in [9.17, 15) is 4.79 Å². The minimum Gasteiger partial charge on any atom is -0.478 e. The predicted octanol–water partition coefficient (Wildman–Crippen LogP) is 3.35. The van der Waals surface area contributed by atoms with Crippen molar-refractivity contribution in [1.29, 1.82) is 5.26 Å². The van der Waals surface area contributed by atoms with E-state index in [2.05, 4.69) is 11.0 Å². The smallest absolute Gasteiger partial charge is 0.328 e. The molecule has 0 aliphatic carbocycles. The molecule has 1 N–H and O–H groups in total. The van der Waals surface area contributed by atoms with Crippen LogP contribution < -0.4 is 4.90 Å². The highest BCUT2D eigenvalue weighted by Crippen LogP contribution is 2.21. The maximum Gasteiger partial charge on any atom is 0.328 e. The van der Waals surface area contributed by atoms with Crippen LogP contribution in [0.3, 0.4) is 0 Å². The molecule has 0 saturated heterocycles. The zero-order valence-electron chi connectivity index (χ0n) is 11.5. The van der Waals surface area contributed by atoms with Crippen molar-refractivity contribution in [1.82, 2.24) is 0 Å². The molecule has 4 nitrogen and oxygen atoms in total. The Morgan fingerprint density at radius 3 is 3.00 bits per heavy atom. The molecular formula is C16H14N2O2S. The summed E-state index contributed by atoms with van der Waals surface area (Å²) in [5, 5.41) is 19.5. The topological polar surface area (TPSA) is 64.3 Å². The molecule has 2 aromatic rings. The first-order valence-electron chi connectivity index (χ1n) is 6.28. The highest BCUT2D eigenvalue weighted by atomic mass is 32.1. The fourth-order valence-corrected chi connectivity index (χ4v) is 2.78. The van der Waals surface area contributed by atoms with Crippen LogP contribution in [0.25, 0.3) is 6.08 Å². The van der Waals surface area contributed by atoms with Gasteiger partial charge in [0.15, 0.2) is 0 Å². The molecule has 0 spiro atoms. The van der Waals surface area contributed by atoms with Gasteiger partial charge >= 0.3 is 5.97 Å². The molecule has 0 amide bonds. The van der Waals surface area contributed by atoms with Crippen molar-refractivity contribution >= 4 is 29.1 Å². The van der Waals surface area contributed by atoms with E-state index < -0.39 is 5.97 Å². The Bertz CT molecular complexity index is 713. The van der Waals surface area contributed by atoms with Gasteiger partial charge in [-0.3, -0.25) is 0 Å². The fourth-order valence-electron chi connectivity index (χ4n) is 1.87. The number of carboxylic acids is 1. The quantitative estimate of drug-likeness (QED) is 0.860. The molecule has 2 rings (SSSR count). The van der Waals surface area contributed by atoms with Gasteiger partial charge in [-0.2, -0.15) is 5.26 Å². The van der Waals surface area contributed by atoms with E-state index in [4.69, 9.17) is 10.4 Å². The highest BCUT2D eigenvalue weighted by molar-refractivity contribution is 7.10. The first-order valence-corrected chi connectivity index (χ1v) is 7.16. The van der Waals surface area contributed by atoms with Crippen LogP contribution in [-0.4, -0.2) is 18.1 Å². The first-order chi connectivity index (χ1) is 10.1. The van der Waals surface area contributed by atoms with E-state index in [1.165, 1.54) is 0 Å². The Balaban J connectivity index is 2.07. The Labute approximate surface area is 127 Å². The summed E-state index contributed by atoms with van der Waals surface area (Å²) in [7, 11) is 1.96. The van der Waals surface area contributed by atoms with Crippen LogP contribution >= 0.6 is 11.3 Å². The minimum absolute atomic E-state index is 0.635. The number of nitrogens with zero attached hydrogens (tertiary/aromatic N) is 2. The van der Waals surface area contributed by atoms with Crippen molar-refractivity contribution in [2.45, 2.75) is 6.54 Å². The molecule has 21 heavy (non-hydrogen) atoms. The Kier molecular flexibility index (Phi) is 4.75. The lowest BCUT2D eigenvalue weighted by Gasteiger charge is -2.18. The third-order valence-electron chi connectivity index (χ3n) is 2.90. The van der Waals surface area contributed by atoms with E-state index in [-0.39, 0.29) is 0 Å². The SMILES string of the molecule is CN(Cc1cc(C=CC(=O)O)cs1)c1cccc(C#N)c1. The number of hydrogen-bond acceptors (Lipinski definition) is 4. The van der Waals surface area contributed by atoms with Crippen molar-refractivity contribution < 1.29 is 9.90 Å². The summed E-state index contributed by atoms with van der Waals surface area (Å²) in [6.45, 7) is 0.709. The van der Waals surface area contributed by atoms with Crippen LogP contribution in [0.1, 0.15) is 16.0 Å². The molecule has 0 aliphatic heterocycles. The van der Waals surface area contributed by atoms with Crippen LogP contribution in [0.15, 0.2) is 41.8 Å². The number of rotatable bonds is 5. The fraction of sp³-hybridized carbons (Fsp3) is 0.125. The lowest BCUT2D eigenvalue weighted by molar-refractivity contribution is -0.131. The van der Waals surface area contributed by atoms with Crippen LogP contribution in [0, 0.1) is 11.3 Å². The normalized spacial score (nSPS) is 10.5. The van der Waals surface area contributed by atoms with Gasteiger partial charge in [-0.15, -0.1) is 11.3 Å². The summed E-state index contributed by atoms with van der Waals surface area (Å²) >= 11 is 1.58. The third kappa shape index (κ3) is 4.20. The summed E-state index contributed by atoms with van der Waals surface area (Å²) in [4.78, 5) is 13.7. The average Bonchev–Trinajstić information content (AvgIpc) is 2.92. The number of hydrogen-bond donors (Lipinski definition) is 1. The summed E-state index contributed by atoms with van der Waals surface area (Å²) in [6, 6.07) is 11.5. The molecular weight excluding hydrogens is 284 g/mol. The zero-order chi connectivity index (χ0) is 15.2. The van der Waals surface area contributed by atoms with Crippen molar-refractivity contribution in [2.75, 3.05) is 11.9 Å². The number of carboxylic acid groups (broad SMARTS) is 1. The van der Waals surface area contributed by atoms with Gasteiger partial charge in [0.2, 0.25) is 0 Å². The lowest BCUT2D eigenvalue weighted by Crippen LogP contribution is -2.15. The molecule has 1 aromatic carbocycles. The van der Waals surface area contributed by atoms with Crippen LogP contribution in [0.4, 0.5) is 5.69 Å². The molecule has 0 bridgehead atoms. The van der Waals surface area contributed by atoms with Gasteiger partial charge in [0.25, 0.3) is 0 Å². The van der Waals surface area contributed by atoms with E-state index >= 15 is 0 Å². The number of nitriles is 1. The summed E-state index contributed by atoms with van der Waals surface area (Å²) in [5.74, 6) is -0.951. The van der Waals surface area contributed by atoms with Crippen molar-refractivity contribution in [3.8, 4) is 6.07 Å². The number of benzene rings is 1. The van der Waals surface area contributed by atoms with Gasteiger partial charge in [0.05, 0.1) is 18.2 Å². The molecule has 1 heterocycles. The maximum atomic E-state index is 10.5. The molecule has 5 heteroatoms. The number of carbonyl (C=O) groups is 1. The van der Waals surface area contributed by atoms with Crippen molar-refractivity contribution in [3.63, 3.8) is 0 Å². The molecule has 0 atom stereocenters. The van der Waals surface area contributed by atoms with Crippen LogP contribution in [0.2, 0.25) is 0 Å². The Morgan fingerprint density at radius 2 is 2.29 bits per heavy atom. The van der Waals surface area contributed by atoms with E-state index in [1.807, 2.05) is 36.7 Å².